The molecule has 1 aliphatic rings. The molecule has 0 aliphatic carbocycles. The van der Waals surface area contributed by atoms with Gasteiger partial charge in [0.05, 0.1) is 18.8 Å². The molecule has 0 saturated carbocycles. The molecule has 84 heavy (non-hydrogen) atoms. The Hall–Kier alpha value is -6.05. The largest absolute Gasteiger partial charge is 0.394 e. The normalized spacial score (nSPS) is 22.6. The van der Waals surface area contributed by atoms with Crippen molar-refractivity contribution >= 4 is 64.5 Å². The van der Waals surface area contributed by atoms with Crippen LogP contribution in [0.5, 0.6) is 0 Å². The summed E-state index contributed by atoms with van der Waals surface area (Å²) >= 11 is 0. The van der Waals surface area contributed by atoms with Crippen molar-refractivity contribution in [3.63, 3.8) is 0 Å². The third-order valence-electron chi connectivity index (χ3n) is 15.0. The number of hydrogen-bond acceptors (Lipinski definition) is 17. The number of unbranched alkanes of at least 4 members (excludes halogenated alkanes) is 4. The minimum Gasteiger partial charge on any atom is -0.394 e. The molecule has 1 aliphatic heterocycles. The molecular formula is C60H101N11O13. The predicted molar refractivity (Wildman–Crippen MR) is 318 cm³/mol. The number of ketones is 4. The molecule has 24 heteroatoms. The number of carbonyl (C=O) groups is 11. The Morgan fingerprint density at radius 2 is 1.15 bits per heavy atom. The van der Waals surface area contributed by atoms with E-state index < -0.39 is 151 Å². The van der Waals surface area contributed by atoms with Crippen LogP contribution in [0.3, 0.4) is 0 Å². The first-order valence-corrected chi connectivity index (χ1v) is 30.3. The third-order valence-corrected chi connectivity index (χ3v) is 15.0. The Morgan fingerprint density at radius 3 is 1.71 bits per heavy atom. The van der Waals surface area contributed by atoms with Crippen LogP contribution in [0.4, 0.5) is 0 Å². The maximum absolute atomic E-state index is 14.6. The maximum Gasteiger partial charge on any atom is 0.243 e. The molecule has 0 aromatic heterocycles. The number of rotatable bonds is 31. The van der Waals surface area contributed by atoms with Crippen molar-refractivity contribution in [1.29, 1.82) is 0 Å². The van der Waals surface area contributed by atoms with E-state index in [2.05, 4.69) is 44.1 Å². The number of Topliss-reactive ketones (excluding diaryl/α,β-unsaturated/α-hetero) is 4. The van der Waals surface area contributed by atoms with E-state index in [0.717, 1.165) is 25.7 Å². The van der Waals surface area contributed by atoms with Crippen LogP contribution < -0.4 is 60.2 Å². The van der Waals surface area contributed by atoms with E-state index >= 15 is 0 Å². The van der Waals surface area contributed by atoms with Crippen molar-refractivity contribution in [3.05, 3.63) is 35.9 Å². The number of aliphatic hydroxyl groups excluding tert-OH is 2. The summed E-state index contributed by atoms with van der Waals surface area (Å²) in [6.45, 7) is 9.22. The van der Waals surface area contributed by atoms with Gasteiger partial charge < -0.3 is 70.4 Å². The first-order valence-electron chi connectivity index (χ1n) is 30.3. The Kier molecular flexibility index (Phi) is 35.5. The second kappa shape index (κ2) is 40.3. The highest BCUT2D eigenvalue weighted by molar-refractivity contribution is 5.99. The molecule has 24 nitrogen and oxygen atoms in total. The van der Waals surface area contributed by atoms with E-state index in [1.807, 2.05) is 13.8 Å². The van der Waals surface area contributed by atoms with E-state index in [4.69, 9.17) is 22.9 Å². The number of nitrogens with two attached hydrogens (primary N) is 4. The fourth-order valence-electron chi connectivity index (χ4n) is 10.2. The van der Waals surface area contributed by atoms with Gasteiger partial charge in [0.25, 0.3) is 0 Å². The van der Waals surface area contributed by atoms with Crippen LogP contribution in [0, 0.1) is 35.5 Å². The Bertz CT molecular complexity index is 2270. The molecule has 1 fully saturated rings. The van der Waals surface area contributed by atoms with Crippen molar-refractivity contribution in [3.8, 4) is 0 Å². The average molecular weight is 1180 g/mol. The lowest BCUT2D eigenvalue weighted by atomic mass is 9.89. The summed E-state index contributed by atoms with van der Waals surface area (Å²) in [6.07, 6.45) is 1.53. The number of amides is 7. The van der Waals surface area contributed by atoms with Crippen molar-refractivity contribution < 1.29 is 63.0 Å². The number of carbonyl (C=O) groups excluding carboxylic acids is 11. The molecule has 11 atom stereocenters. The summed E-state index contributed by atoms with van der Waals surface area (Å²) < 4.78 is 0. The summed E-state index contributed by atoms with van der Waals surface area (Å²) in [5, 5.41) is 39.9. The molecule has 7 amide bonds. The Balaban J connectivity index is 2.69. The monoisotopic (exact) mass is 1180 g/mol. The van der Waals surface area contributed by atoms with Crippen LogP contribution in [0.25, 0.3) is 0 Å². The average Bonchev–Trinajstić information content (AvgIpc) is 3.64. The first-order chi connectivity index (χ1) is 39.9. The Morgan fingerprint density at radius 1 is 0.619 bits per heavy atom. The van der Waals surface area contributed by atoms with Crippen molar-refractivity contribution in [2.45, 2.75) is 199 Å². The molecule has 0 spiro atoms. The van der Waals surface area contributed by atoms with E-state index in [9.17, 15) is 63.0 Å². The molecule has 1 saturated heterocycles. The lowest BCUT2D eigenvalue weighted by Gasteiger charge is -2.28. The van der Waals surface area contributed by atoms with Gasteiger partial charge in [-0.3, -0.25) is 52.7 Å². The number of hydrogen-bond donors (Lipinski definition) is 13. The molecule has 1 heterocycles. The summed E-state index contributed by atoms with van der Waals surface area (Å²) in [5.41, 5.74) is 24.4. The zero-order valence-corrected chi connectivity index (χ0v) is 50.6. The second-order valence-corrected chi connectivity index (χ2v) is 23.3. The molecule has 1 aromatic carbocycles. The lowest BCUT2D eigenvalue weighted by Crippen LogP contribution is -2.55. The van der Waals surface area contributed by atoms with Crippen LogP contribution in [0.2, 0.25) is 0 Å². The van der Waals surface area contributed by atoms with Crippen LogP contribution in [0.15, 0.2) is 30.3 Å². The standard InChI is InChI=1S/C60H101N11O13/c1-7-8-9-10-14-17-44(74)31-40(18-23-61)56(80)71-53(38(6)73)52(77)33-42(20-25-63)54(78)67-46-22-27-65-58(82)47(28-36(2)3)68-55(79)41(19-24-62)32-51(76)49(35-72)70-60(84)48(29-37(4)5)69-57(81)43(30-39-15-12-11-13-16-39)34-50(75)45(21-26-64)66-59(46)83/h11-13,15-16,36-38,40-43,45-49,53,72-73H,7-10,14,17-35,61-64H2,1-6H3,(H,65,82)(H,66,83)(H,67,78)(H,68,79)(H,69,81)(H,70,84)(H,71,80)/t38-,40-,41-,42-,43+,45+,46+,47+,48+,49+,53+/m1/s1. The highest BCUT2D eigenvalue weighted by atomic mass is 16.3. The third kappa shape index (κ3) is 27.3. The molecule has 0 bridgehead atoms. The van der Waals surface area contributed by atoms with E-state index in [-0.39, 0.29) is 115 Å². The topological polar surface area (TPSA) is 417 Å². The van der Waals surface area contributed by atoms with Gasteiger partial charge in [-0.2, -0.15) is 0 Å². The molecular weight excluding hydrogens is 1080 g/mol. The zero-order valence-electron chi connectivity index (χ0n) is 50.6. The van der Waals surface area contributed by atoms with Gasteiger partial charge in [0.2, 0.25) is 41.4 Å². The predicted octanol–water partition coefficient (Wildman–Crippen LogP) is 0.180. The Labute approximate surface area is 496 Å². The molecule has 474 valence electrons. The van der Waals surface area contributed by atoms with Crippen LogP contribution in [-0.4, -0.2) is 156 Å². The number of benzene rings is 1. The van der Waals surface area contributed by atoms with Gasteiger partial charge in [-0.15, -0.1) is 0 Å². The maximum atomic E-state index is 14.6. The van der Waals surface area contributed by atoms with Gasteiger partial charge in [0, 0.05) is 62.3 Å². The first kappa shape index (κ1) is 74.1. The molecule has 17 N–H and O–H groups in total. The highest BCUT2D eigenvalue weighted by Crippen LogP contribution is 2.21. The minimum atomic E-state index is -1.53. The van der Waals surface area contributed by atoms with Gasteiger partial charge >= 0.3 is 0 Å². The molecule has 0 unspecified atom stereocenters. The molecule has 0 radical (unpaired) electrons. The molecule has 1 aromatic rings. The fourth-order valence-corrected chi connectivity index (χ4v) is 10.2. The second-order valence-electron chi connectivity index (χ2n) is 23.3. The quantitative estimate of drug-likeness (QED) is 0.0441. The van der Waals surface area contributed by atoms with Crippen LogP contribution >= 0.6 is 0 Å². The van der Waals surface area contributed by atoms with Crippen molar-refractivity contribution in [2.75, 3.05) is 39.3 Å². The summed E-state index contributed by atoms with van der Waals surface area (Å²) in [4.78, 5) is 155. The zero-order chi connectivity index (χ0) is 62.9. The van der Waals surface area contributed by atoms with E-state index in [1.54, 1.807) is 44.2 Å². The van der Waals surface area contributed by atoms with Gasteiger partial charge in [0.15, 0.2) is 17.3 Å². The smallest absolute Gasteiger partial charge is 0.243 e. The van der Waals surface area contributed by atoms with E-state index in [0.29, 0.717) is 12.0 Å². The summed E-state index contributed by atoms with van der Waals surface area (Å²) in [6, 6.07) is 0.404. The molecule has 2 rings (SSSR count). The summed E-state index contributed by atoms with van der Waals surface area (Å²) in [5.74, 6) is -12.3. The highest BCUT2D eigenvalue weighted by Gasteiger charge is 2.37. The van der Waals surface area contributed by atoms with Gasteiger partial charge in [-0.05, 0) is 108 Å². The number of nitrogens with one attached hydrogen (secondary N) is 7. The van der Waals surface area contributed by atoms with Crippen molar-refractivity contribution in [2.24, 2.45) is 58.4 Å². The van der Waals surface area contributed by atoms with Gasteiger partial charge in [0.1, 0.15) is 36.0 Å². The number of aliphatic hydroxyl groups is 2. The minimum absolute atomic E-state index is 0.00428. The van der Waals surface area contributed by atoms with E-state index in [1.165, 1.54) is 6.92 Å². The fraction of sp³-hybridized carbons (Fsp3) is 0.717. The van der Waals surface area contributed by atoms with Crippen LogP contribution in [-0.2, 0) is 59.2 Å². The SMILES string of the molecule is CCCCCCCC(=O)C[C@@H](CCN)C(=O)N[C@H](C(=O)C[C@@H](CCN)C(=O)N[C@H]1CCNC(=O)[C@H](CC(C)C)NC(=O)[C@H](CCN)CC(=O)[C@H](CO)NC(=O)[C@H](CC(C)C)NC(=O)[C@@H](Cc2ccccc2)CC(=O)[C@H](CCN)NC1=O)[C@@H](C)O. The van der Waals surface area contributed by atoms with Crippen molar-refractivity contribution in [1.82, 2.24) is 37.2 Å². The summed E-state index contributed by atoms with van der Waals surface area (Å²) in [7, 11) is 0. The lowest BCUT2D eigenvalue weighted by molar-refractivity contribution is -0.137. The van der Waals surface area contributed by atoms with Gasteiger partial charge in [-0.25, -0.2) is 0 Å². The van der Waals surface area contributed by atoms with Gasteiger partial charge in [-0.1, -0.05) is 90.6 Å². The van der Waals surface area contributed by atoms with Crippen LogP contribution in [0.1, 0.15) is 156 Å².